The van der Waals surface area contributed by atoms with Gasteiger partial charge in [-0.1, -0.05) is 0 Å². The molecule has 0 aromatic heterocycles. The quantitative estimate of drug-likeness (QED) is 0.337. The molecule has 1 atom stereocenters. The van der Waals surface area contributed by atoms with Gasteiger partial charge in [-0.2, -0.15) is 0 Å². The van der Waals surface area contributed by atoms with E-state index in [4.69, 9.17) is 4.74 Å². The molecule has 0 radical (unpaired) electrons. The van der Waals surface area contributed by atoms with Crippen LogP contribution in [0.1, 0.15) is 0 Å². The van der Waals surface area contributed by atoms with Gasteiger partial charge < -0.3 is 4.74 Å². The summed E-state index contributed by atoms with van der Waals surface area (Å²) in [7, 11) is -0.486. The number of cyclic esters (lactones) is 1. The van der Waals surface area contributed by atoms with E-state index in [2.05, 4.69) is 3.53 Å². The number of hydrogen-bond acceptors (Lipinski definition) is 3. The Morgan fingerprint density at radius 2 is 2.67 bits per heavy atom. The molecule has 0 bridgehead atoms. The largest absolute Gasteiger partial charge is 0.458 e. The first-order chi connectivity index (χ1) is 4.34. The normalized spacial score (nSPS) is 30.3. The number of halogens is 1. The van der Waals surface area contributed by atoms with Crippen LogP contribution in [0.4, 0.5) is 4.79 Å². The number of nitrogens with one attached hydrogen (secondary N) is 1. The topological polar surface area (TPSA) is 38.3 Å². The maximum Gasteiger partial charge on any atom is 0.348 e. The lowest BCUT2D eigenvalue weighted by Crippen LogP contribution is -2.04. The van der Waals surface area contributed by atoms with Gasteiger partial charge in [0.05, 0.1) is 0 Å². The monoisotopic (exact) mass is 261 g/mol. The second kappa shape index (κ2) is 3.62. The van der Waals surface area contributed by atoms with Crippen LogP contribution in [0.25, 0.3) is 0 Å². The van der Waals surface area contributed by atoms with Crippen molar-refractivity contribution < 1.29 is 9.53 Å². The number of hydrogen-bond donors (Lipinski definition) is 2. The molecule has 0 amide bonds. The molecule has 0 saturated carbocycles. The first-order valence-electron chi connectivity index (χ1n) is 2.60. The van der Waals surface area contributed by atoms with Gasteiger partial charge in [-0.3, -0.25) is 3.53 Å². The van der Waals surface area contributed by atoms with Gasteiger partial charge in [-0.25, -0.2) is 4.79 Å². The van der Waals surface area contributed by atoms with E-state index in [9.17, 15) is 4.79 Å². The van der Waals surface area contributed by atoms with Crippen molar-refractivity contribution in [3.05, 3.63) is 0 Å². The minimum Gasteiger partial charge on any atom is -0.458 e. The lowest BCUT2D eigenvalue weighted by molar-refractivity contribution is 0.188. The summed E-state index contributed by atoms with van der Waals surface area (Å²) >= 11 is 2.05. The molecule has 1 aliphatic heterocycles. The van der Waals surface area contributed by atoms with Crippen molar-refractivity contribution in [1.29, 1.82) is 0 Å². The molecular formula is C4H8INO2S. The summed E-state index contributed by atoms with van der Waals surface area (Å²) in [5.41, 5.74) is 0. The second-order valence-electron chi connectivity index (χ2n) is 1.67. The molecule has 1 heterocycles. The van der Waals surface area contributed by atoms with Gasteiger partial charge in [0.2, 0.25) is 0 Å². The smallest absolute Gasteiger partial charge is 0.348 e. The van der Waals surface area contributed by atoms with Crippen LogP contribution in [0, 0.1) is 0 Å². The average Bonchev–Trinajstić information content (AvgIpc) is 2.18. The Kier molecular flexibility index (Phi) is 3.07. The molecule has 3 nitrogen and oxygen atoms in total. The van der Waals surface area contributed by atoms with Crippen LogP contribution >= 0.6 is 33.8 Å². The van der Waals surface area contributed by atoms with Crippen molar-refractivity contribution in [3.63, 3.8) is 0 Å². The van der Waals surface area contributed by atoms with Gasteiger partial charge >= 0.3 is 5.30 Å². The fraction of sp³-hybridized carbons (Fsp3) is 0.750. The zero-order valence-corrected chi connectivity index (χ0v) is 7.81. The molecule has 54 valence electrons. The van der Waals surface area contributed by atoms with E-state index >= 15 is 0 Å². The Labute approximate surface area is 70.4 Å². The lowest BCUT2D eigenvalue weighted by atomic mass is 10.9. The highest BCUT2D eigenvalue weighted by Crippen LogP contribution is 2.31. The molecule has 1 fully saturated rings. The Morgan fingerprint density at radius 3 is 3.11 bits per heavy atom. The first-order valence-corrected chi connectivity index (χ1v) is 5.39. The SMILES string of the molecule is O=C1OCC[SH]1CNI. The Morgan fingerprint density at radius 1 is 1.89 bits per heavy atom. The average molecular weight is 261 g/mol. The van der Waals surface area contributed by atoms with Crippen LogP contribution in [0.2, 0.25) is 0 Å². The van der Waals surface area contributed by atoms with Gasteiger partial charge in [-0.15, -0.1) is 10.9 Å². The van der Waals surface area contributed by atoms with Crippen molar-refractivity contribution in [3.8, 4) is 0 Å². The Hall–Kier alpha value is 0.510. The molecule has 5 heteroatoms. The van der Waals surface area contributed by atoms with Crippen molar-refractivity contribution >= 4 is 39.1 Å². The van der Waals surface area contributed by atoms with Crippen LogP contribution in [0.3, 0.4) is 0 Å². The summed E-state index contributed by atoms with van der Waals surface area (Å²) in [6, 6.07) is 0. The van der Waals surface area contributed by atoms with E-state index in [1.807, 2.05) is 22.9 Å². The van der Waals surface area contributed by atoms with Crippen molar-refractivity contribution in [2.24, 2.45) is 0 Å². The van der Waals surface area contributed by atoms with E-state index in [0.29, 0.717) is 6.61 Å². The van der Waals surface area contributed by atoms with Gasteiger partial charge in [0.1, 0.15) is 6.61 Å². The summed E-state index contributed by atoms with van der Waals surface area (Å²) in [5.74, 6) is 1.74. The van der Waals surface area contributed by atoms with Gasteiger partial charge in [0.25, 0.3) is 0 Å². The highest BCUT2D eigenvalue weighted by molar-refractivity contribution is 14.1. The summed E-state index contributed by atoms with van der Waals surface area (Å²) in [6.45, 7) is 0.628. The van der Waals surface area contributed by atoms with E-state index in [-0.39, 0.29) is 5.30 Å². The molecule has 0 spiro atoms. The number of thiol groups is 1. The summed E-state index contributed by atoms with van der Waals surface area (Å²) < 4.78 is 7.70. The maximum absolute atomic E-state index is 10.7. The second-order valence-corrected chi connectivity index (χ2v) is 4.64. The third kappa shape index (κ3) is 1.98. The molecule has 1 saturated heterocycles. The minimum absolute atomic E-state index is 0.00849. The molecule has 1 aliphatic rings. The van der Waals surface area contributed by atoms with E-state index in [1.165, 1.54) is 0 Å². The molecule has 0 aromatic carbocycles. The predicted octanol–water partition coefficient (Wildman–Crippen LogP) is 1.03. The van der Waals surface area contributed by atoms with Gasteiger partial charge in [0, 0.05) is 34.5 Å². The maximum atomic E-state index is 10.7. The summed E-state index contributed by atoms with van der Waals surface area (Å²) in [6.07, 6.45) is 0. The Bertz CT molecular complexity index is 121. The Balaban J connectivity index is 2.31. The van der Waals surface area contributed by atoms with E-state index in [1.54, 1.807) is 0 Å². The van der Waals surface area contributed by atoms with Gasteiger partial charge in [-0.05, 0) is 0 Å². The minimum atomic E-state index is -0.486. The molecule has 9 heavy (non-hydrogen) atoms. The van der Waals surface area contributed by atoms with E-state index in [0.717, 1.165) is 11.6 Å². The zero-order valence-electron chi connectivity index (χ0n) is 4.76. The third-order valence-electron chi connectivity index (χ3n) is 1.10. The molecule has 0 aromatic rings. The number of rotatable bonds is 2. The van der Waals surface area contributed by atoms with Crippen molar-refractivity contribution in [1.82, 2.24) is 3.53 Å². The first kappa shape index (κ1) is 7.62. The molecular weight excluding hydrogens is 253 g/mol. The predicted molar refractivity (Wildman–Crippen MR) is 47.2 cm³/mol. The number of carbonyl (C=O) groups excluding carboxylic acids is 1. The van der Waals surface area contributed by atoms with Crippen LogP contribution < -0.4 is 3.53 Å². The zero-order chi connectivity index (χ0) is 6.69. The van der Waals surface area contributed by atoms with Crippen LogP contribution in [-0.4, -0.2) is 23.5 Å². The fourth-order valence-electron chi connectivity index (χ4n) is 0.641. The highest BCUT2D eigenvalue weighted by atomic mass is 127. The summed E-state index contributed by atoms with van der Waals surface area (Å²) in [4.78, 5) is 10.7. The van der Waals surface area contributed by atoms with E-state index < -0.39 is 10.9 Å². The van der Waals surface area contributed by atoms with Crippen LogP contribution in [-0.2, 0) is 4.74 Å². The molecule has 1 unspecified atom stereocenters. The lowest BCUT2D eigenvalue weighted by Gasteiger charge is -2.05. The summed E-state index contributed by atoms with van der Waals surface area (Å²) in [5, 5.41) is 0.00849. The van der Waals surface area contributed by atoms with Crippen LogP contribution in [0.5, 0.6) is 0 Å². The number of ether oxygens (including phenoxy) is 1. The molecule has 1 rings (SSSR count). The molecule has 1 N–H and O–H groups in total. The fourth-order valence-corrected chi connectivity index (χ4v) is 3.08. The van der Waals surface area contributed by atoms with Crippen LogP contribution in [0.15, 0.2) is 0 Å². The third-order valence-corrected chi connectivity index (χ3v) is 3.99. The van der Waals surface area contributed by atoms with Crippen molar-refractivity contribution in [2.75, 3.05) is 18.2 Å². The van der Waals surface area contributed by atoms with Crippen molar-refractivity contribution in [2.45, 2.75) is 0 Å². The highest BCUT2D eigenvalue weighted by Gasteiger charge is 2.21. The number of carbonyl (C=O) groups is 1. The standard InChI is InChI=1S/C4H8INO2S/c5-6-3-9-2-1-8-4(9)7/h6,9H,1-3H2. The molecule has 0 aliphatic carbocycles. The van der Waals surface area contributed by atoms with Gasteiger partial charge in [0.15, 0.2) is 0 Å².